The summed E-state index contributed by atoms with van der Waals surface area (Å²) in [6.45, 7) is 1.41. The molecule has 1 fully saturated rings. The second kappa shape index (κ2) is 10.4. The number of nitrogens with one attached hydrogen (secondary N) is 2. The third kappa shape index (κ3) is 5.83. The Morgan fingerprint density at radius 1 is 1.00 bits per heavy atom. The Morgan fingerprint density at radius 3 is 2.53 bits per heavy atom. The zero-order valence-electron chi connectivity index (χ0n) is 16.8. The fourth-order valence-electron chi connectivity index (χ4n) is 3.58. The molecule has 0 aromatic heterocycles. The monoisotopic (exact) mass is 409 g/mol. The lowest BCUT2D eigenvalue weighted by Gasteiger charge is -2.24. The summed E-state index contributed by atoms with van der Waals surface area (Å²) < 4.78 is 0. The van der Waals surface area contributed by atoms with Crippen LogP contribution in [-0.4, -0.2) is 53.4 Å². The van der Waals surface area contributed by atoms with Gasteiger partial charge in [-0.3, -0.25) is 14.4 Å². The molecule has 3 N–H and O–H groups in total. The molecular weight excluding hydrogens is 382 g/mol. The van der Waals surface area contributed by atoms with E-state index in [0.29, 0.717) is 44.5 Å². The second-order valence-electron chi connectivity index (χ2n) is 7.36. The number of hydrogen-bond acceptors (Lipinski definition) is 4. The van der Waals surface area contributed by atoms with E-state index >= 15 is 0 Å². The first kappa shape index (κ1) is 21.4. The molecule has 1 heterocycles. The minimum atomic E-state index is -0.428. The molecule has 0 bridgehead atoms. The number of rotatable bonds is 8. The highest BCUT2D eigenvalue weighted by Gasteiger charge is 2.33. The Morgan fingerprint density at radius 2 is 1.77 bits per heavy atom. The molecule has 7 heteroatoms. The molecule has 1 saturated heterocycles. The van der Waals surface area contributed by atoms with Gasteiger partial charge in [-0.1, -0.05) is 36.4 Å². The van der Waals surface area contributed by atoms with Gasteiger partial charge in [-0.2, -0.15) is 0 Å². The molecule has 1 aliphatic heterocycles. The largest absolute Gasteiger partial charge is 0.508 e. The fraction of sp³-hybridized carbons (Fsp3) is 0.348. The number of amides is 3. The Labute approximate surface area is 176 Å². The van der Waals surface area contributed by atoms with Crippen LogP contribution in [0.25, 0.3) is 0 Å². The summed E-state index contributed by atoms with van der Waals surface area (Å²) in [5.41, 5.74) is 1.33. The molecule has 0 spiro atoms. The maximum atomic E-state index is 12.6. The summed E-state index contributed by atoms with van der Waals surface area (Å²) in [5, 5.41) is 15.1. The third-order valence-corrected chi connectivity index (χ3v) is 5.12. The van der Waals surface area contributed by atoms with Crippen LogP contribution in [0, 0.1) is 0 Å². The van der Waals surface area contributed by atoms with E-state index in [1.54, 1.807) is 17.0 Å². The van der Waals surface area contributed by atoms with Gasteiger partial charge < -0.3 is 20.6 Å². The Hall–Kier alpha value is -3.35. The Balaban J connectivity index is 1.39. The fourth-order valence-corrected chi connectivity index (χ4v) is 3.58. The number of likely N-dealkylation sites (tertiary alicyclic amines) is 1. The van der Waals surface area contributed by atoms with Crippen LogP contribution in [0.4, 0.5) is 0 Å². The second-order valence-corrected chi connectivity index (χ2v) is 7.36. The van der Waals surface area contributed by atoms with E-state index < -0.39 is 6.04 Å². The van der Waals surface area contributed by atoms with Crippen molar-refractivity contribution in [1.29, 1.82) is 0 Å². The van der Waals surface area contributed by atoms with E-state index in [0.717, 1.165) is 12.0 Å². The van der Waals surface area contributed by atoms with E-state index in [4.69, 9.17) is 0 Å². The number of benzene rings is 2. The molecule has 3 rings (SSSR count). The highest BCUT2D eigenvalue weighted by atomic mass is 16.3. The lowest BCUT2D eigenvalue weighted by atomic mass is 10.1. The van der Waals surface area contributed by atoms with Crippen LogP contribution in [0.15, 0.2) is 54.6 Å². The van der Waals surface area contributed by atoms with Crippen molar-refractivity contribution in [2.45, 2.75) is 31.7 Å². The summed E-state index contributed by atoms with van der Waals surface area (Å²) in [6, 6.07) is 15.2. The van der Waals surface area contributed by atoms with Crippen molar-refractivity contribution in [3.05, 3.63) is 65.7 Å². The van der Waals surface area contributed by atoms with Crippen molar-refractivity contribution in [3.63, 3.8) is 0 Å². The molecule has 0 aliphatic carbocycles. The van der Waals surface area contributed by atoms with Gasteiger partial charge in [0.05, 0.1) is 6.42 Å². The average molecular weight is 409 g/mol. The number of carbonyl (C=O) groups is 3. The summed E-state index contributed by atoms with van der Waals surface area (Å²) in [6.07, 6.45) is 2.35. The summed E-state index contributed by atoms with van der Waals surface area (Å²) >= 11 is 0. The van der Waals surface area contributed by atoms with E-state index in [2.05, 4.69) is 10.6 Å². The van der Waals surface area contributed by atoms with Gasteiger partial charge in [0, 0.05) is 25.2 Å². The number of nitrogens with zero attached hydrogens (tertiary/aromatic N) is 1. The zero-order chi connectivity index (χ0) is 21.3. The average Bonchev–Trinajstić information content (AvgIpc) is 3.24. The van der Waals surface area contributed by atoms with Crippen LogP contribution in [-0.2, 0) is 16.0 Å². The van der Waals surface area contributed by atoms with E-state index in [1.165, 1.54) is 12.1 Å². The van der Waals surface area contributed by atoms with Crippen molar-refractivity contribution in [2.75, 3.05) is 19.6 Å². The predicted octanol–water partition coefficient (Wildman–Crippen LogP) is 1.86. The number of carbonyl (C=O) groups excluding carboxylic acids is 3. The summed E-state index contributed by atoms with van der Waals surface area (Å²) in [4.78, 5) is 38.9. The number of phenolic OH excluding ortho intramolecular Hbond substituents is 1. The van der Waals surface area contributed by atoms with Crippen molar-refractivity contribution in [3.8, 4) is 5.75 Å². The van der Waals surface area contributed by atoms with Crippen molar-refractivity contribution in [2.24, 2.45) is 0 Å². The van der Waals surface area contributed by atoms with E-state index in [1.807, 2.05) is 30.3 Å². The molecule has 0 radical (unpaired) electrons. The van der Waals surface area contributed by atoms with Crippen LogP contribution >= 0.6 is 0 Å². The number of hydrogen-bond donors (Lipinski definition) is 3. The normalized spacial score (nSPS) is 15.6. The van der Waals surface area contributed by atoms with E-state index in [9.17, 15) is 19.5 Å². The zero-order valence-corrected chi connectivity index (χ0v) is 16.8. The quantitative estimate of drug-likeness (QED) is 0.580. The minimum Gasteiger partial charge on any atom is -0.508 e. The lowest BCUT2D eigenvalue weighted by molar-refractivity contribution is -0.137. The van der Waals surface area contributed by atoms with Crippen molar-refractivity contribution < 1.29 is 19.5 Å². The molecule has 2 aromatic carbocycles. The van der Waals surface area contributed by atoms with Crippen LogP contribution < -0.4 is 10.6 Å². The van der Waals surface area contributed by atoms with Gasteiger partial charge in [-0.15, -0.1) is 0 Å². The Kier molecular flexibility index (Phi) is 7.43. The molecule has 1 atom stereocenters. The van der Waals surface area contributed by atoms with Crippen LogP contribution in [0.3, 0.4) is 0 Å². The first-order chi connectivity index (χ1) is 14.5. The van der Waals surface area contributed by atoms with Gasteiger partial charge in [0.15, 0.2) is 0 Å². The molecule has 30 heavy (non-hydrogen) atoms. The van der Waals surface area contributed by atoms with Crippen LogP contribution in [0.5, 0.6) is 5.75 Å². The van der Waals surface area contributed by atoms with Gasteiger partial charge in [-0.05, 0) is 43.0 Å². The predicted molar refractivity (Wildman–Crippen MR) is 113 cm³/mol. The maximum Gasteiger partial charge on any atom is 0.251 e. The molecule has 3 amide bonds. The van der Waals surface area contributed by atoms with Gasteiger partial charge in [-0.25, -0.2) is 0 Å². The van der Waals surface area contributed by atoms with Gasteiger partial charge in [0.1, 0.15) is 11.8 Å². The number of aromatic hydroxyl groups is 1. The van der Waals surface area contributed by atoms with E-state index in [-0.39, 0.29) is 23.5 Å². The molecular formula is C23H27N3O4. The molecule has 1 unspecified atom stereocenters. The topological polar surface area (TPSA) is 98.7 Å². The third-order valence-electron chi connectivity index (χ3n) is 5.12. The minimum absolute atomic E-state index is 0.0303. The van der Waals surface area contributed by atoms with Crippen LogP contribution in [0.1, 0.15) is 35.2 Å². The molecule has 2 aromatic rings. The van der Waals surface area contributed by atoms with Crippen LogP contribution in [0.2, 0.25) is 0 Å². The first-order valence-electron chi connectivity index (χ1n) is 10.2. The highest BCUT2D eigenvalue weighted by Crippen LogP contribution is 2.19. The lowest BCUT2D eigenvalue weighted by Crippen LogP contribution is -2.46. The standard InChI is InChI=1S/C23H27N3O4/c27-19-10-4-9-18(16-19)22(29)24-12-6-13-25-23(30)20-11-5-14-26(20)21(28)15-17-7-2-1-3-8-17/h1-4,7-10,16,20,27H,5-6,11-15H2,(H,24,29)(H,25,30). The summed E-state index contributed by atoms with van der Waals surface area (Å²) in [5.74, 6) is -0.408. The SMILES string of the molecule is O=C(NCCCNC(=O)C1CCCN1C(=O)Cc1ccccc1)c1cccc(O)c1. The highest BCUT2D eigenvalue weighted by molar-refractivity contribution is 5.94. The van der Waals surface area contributed by atoms with Crippen molar-refractivity contribution >= 4 is 17.7 Å². The van der Waals surface area contributed by atoms with Gasteiger partial charge in [0.25, 0.3) is 5.91 Å². The Bertz CT molecular complexity index is 885. The molecule has 1 aliphatic rings. The smallest absolute Gasteiger partial charge is 0.251 e. The molecule has 7 nitrogen and oxygen atoms in total. The van der Waals surface area contributed by atoms with Crippen molar-refractivity contribution in [1.82, 2.24) is 15.5 Å². The van der Waals surface area contributed by atoms with Gasteiger partial charge in [0.2, 0.25) is 11.8 Å². The maximum absolute atomic E-state index is 12.6. The molecule has 0 saturated carbocycles. The van der Waals surface area contributed by atoms with Gasteiger partial charge >= 0.3 is 0 Å². The number of phenols is 1. The molecule has 158 valence electrons. The first-order valence-corrected chi connectivity index (χ1v) is 10.2. The summed E-state index contributed by atoms with van der Waals surface area (Å²) in [7, 11) is 0.